The van der Waals surface area contributed by atoms with Crippen LogP contribution in [0.15, 0.2) is 42.6 Å². The van der Waals surface area contributed by atoms with E-state index in [0.717, 1.165) is 5.56 Å². The van der Waals surface area contributed by atoms with E-state index in [1.165, 1.54) is 12.3 Å². The van der Waals surface area contributed by atoms with Crippen LogP contribution >= 0.6 is 0 Å². The van der Waals surface area contributed by atoms with Gasteiger partial charge < -0.3 is 19.5 Å². The Hall–Kier alpha value is -2.77. The SMILES string of the molecule is CN(C[C@@H]1COCCO1)C(=O)c1cccc(-c2ccc(C(=O)O)cn2)c1. The Labute approximate surface area is 151 Å². The van der Waals surface area contributed by atoms with Gasteiger partial charge in [-0.1, -0.05) is 12.1 Å². The Kier molecular flexibility index (Phi) is 5.60. The van der Waals surface area contributed by atoms with Crippen LogP contribution < -0.4 is 0 Å². The number of aromatic nitrogens is 1. The first-order chi connectivity index (χ1) is 12.5. The third-order valence-electron chi connectivity index (χ3n) is 4.12. The molecule has 2 heterocycles. The van der Waals surface area contributed by atoms with Gasteiger partial charge in [0, 0.05) is 30.9 Å². The highest BCUT2D eigenvalue weighted by Crippen LogP contribution is 2.19. The zero-order valence-electron chi connectivity index (χ0n) is 14.4. The highest BCUT2D eigenvalue weighted by Gasteiger charge is 2.20. The van der Waals surface area contributed by atoms with Gasteiger partial charge in [-0.05, 0) is 24.3 Å². The third-order valence-corrected chi connectivity index (χ3v) is 4.12. The number of rotatable bonds is 5. The molecule has 1 fully saturated rings. The summed E-state index contributed by atoms with van der Waals surface area (Å²) in [5.41, 5.74) is 2.01. The van der Waals surface area contributed by atoms with E-state index in [4.69, 9.17) is 14.6 Å². The molecule has 1 aliphatic heterocycles. The number of hydrogen-bond donors (Lipinski definition) is 1. The summed E-state index contributed by atoms with van der Waals surface area (Å²) in [6, 6.07) is 10.2. The summed E-state index contributed by atoms with van der Waals surface area (Å²) < 4.78 is 10.9. The van der Waals surface area contributed by atoms with E-state index in [9.17, 15) is 9.59 Å². The number of amides is 1. The lowest BCUT2D eigenvalue weighted by molar-refractivity contribution is -0.0933. The summed E-state index contributed by atoms with van der Waals surface area (Å²) in [6.45, 7) is 2.07. The molecule has 0 spiro atoms. The van der Waals surface area contributed by atoms with Gasteiger partial charge in [-0.15, -0.1) is 0 Å². The van der Waals surface area contributed by atoms with Crippen molar-refractivity contribution in [3.05, 3.63) is 53.7 Å². The number of carbonyl (C=O) groups is 2. The largest absolute Gasteiger partial charge is 0.478 e. The Balaban J connectivity index is 1.73. The van der Waals surface area contributed by atoms with Crippen LogP contribution in [-0.2, 0) is 9.47 Å². The van der Waals surface area contributed by atoms with Gasteiger partial charge in [0.2, 0.25) is 0 Å². The lowest BCUT2D eigenvalue weighted by atomic mass is 10.1. The van der Waals surface area contributed by atoms with E-state index in [0.29, 0.717) is 37.6 Å². The molecule has 1 amide bonds. The van der Waals surface area contributed by atoms with E-state index in [1.807, 2.05) is 6.07 Å². The molecule has 7 nitrogen and oxygen atoms in total. The molecule has 0 bridgehead atoms. The fourth-order valence-electron chi connectivity index (χ4n) is 2.75. The lowest BCUT2D eigenvalue weighted by Crippen LogP contribution is -2.40. The van der Waals surface area contributed by atoms with Crippen molar-refractivity contribution < 1.29 is 24.2 Å². The molecule has 3 rings (SSSR count). The predicted molar refractivity (Wildman–Crippen MR) is 94.2 cm³/mol. The summed E-state index contributed by atoms with van der Waals surface area (Å²) in [6.07, 6.45) is 1.18. The van der Waals surface area contributed by atoms with Crippen molar-refractivity contribution >= 4 is 11.9 Å². The molecule has 1 atom stereocenters. The number of carboxylic acids is 1. The first-order valence-corrected chi connectivity index (χ1v) is 8.29. The number of aromatic carboxylic acids is 1. The third kappa shape index (κ3) is 4.25. The maximum absolute atomic E-state index is 12.7. The molecule has 1 aromatic heterocycles. The van der Waals surface area contributed by atoms with E-state index < -0.39 is 5.97 Å². The van der Waals surface area contributed by atoms with Gasteiger partial charge in [0.25, 0.3) is 5.91 Å². The van der Waals surface area contributed by atoms with Crippen LogP contribution in [-0.4, -0.2) is 66.4 Å². The molecule has 1 aliphatic rings. The standard InChI is InChI=1S/C19H20N2O5/c1-21(11-16-12-25-7-8-26-16)18(22)14-4-2-3-13(9-14)17-6-5-15(10-20-17)19(23)24/h2-6,9-10,16H,7-8,11-12H2,1H3,(H,23,24)/t16-/m1/s1. The summed E-state index contributed by atoms with van der Waals surface area (Å²) in [7, 11) is 1.73. The van der Waals surface area contributed by atoms with E-state index in [1.54, 1.807) is 36.2 Å². The van der Waals surface area contributed by atoms with Gasteiger partial charge >= 0.3 is 5.97 Å². The number of nitrogens with zero attached hydrogens (tertiary/aromatic N) is 2. The van der Waals surface area contributed by atoms with Gasteiger partial charge in [0.05, 0.1) is 37.2 Å². The van der Waals surface area contributed by atoms with Crippen LogP contribution in [0.3, 0.4) is 0 Å². The molecule has 136 valence electrons. The number of ether oxygens (including phenoxy) is 2. The summed E-state index contributed by atoms with van der Waals surface area (Å²) in [5, 5.41) is 8.95. The first kappa shape index (κ1) is 18.0. The molecule has 0 saturated carbocycles. The van der Waals surface area contributed by atoms with Crippen LogP contribution in [0.1, 0.15) is 20.7 Å². The topological polar surface area (TPSA) is 89.0 Å². The minimum atomic E-state index is -1.02. The molecule has 1 saturated heterocycles. The van der Waals surface area contributed by atoms with Gasteiger partial charge in [-0.3, -0.25) is 9.78 Å². The van der Waals surface area contributed by atoms with Crippen LogP contribution in [0.2, 0.25) is 0 Å². The van der Waals surface area contributed by atoms with Gasteiger partial charge in [0.1, 0.15) is 0 Å². The van der Waals surface area contributed by atoms with Crippen LogP contribution in [0.25, 0.3) is 11.3 Å². The number of hydrogen-bond acceptors (Lipinski definition) is 5. The molecule has 7 heteroatoms. The number of carboxylic acid groups (broad SMARTS) is 1. The molecular formula is C19H20N2O5. The van der Waals surface area contributed by atoms with E-state index >= 15 is 0 Å². The van der Waals surface area contributed by atoms with Crippen molar-refractivity contribution in [2.45, 2.75) is 6.10 Å². The van der Waals surface area contributed by atoms with Crippen LogP contribution in [0.4, 0.5) is 0 Å². The number of likely N-dealkylation sites (N-methyl/N-ethyl adjacent to an activating group) is 1. The maximum atomic E-state index is 12.7. The Morgan fingerprint density at radius 2 is 2.08 bits per heavy atom. The van der Waals surface area contributed by atoms with Crippen molar-refractivity contribution in [3.63, 3.8) is 0 Å². The summed E-state index contributed by atoms with van der Waals surface area (Å²) in [5.74, 6) is -1.15. The van der Waals surface area contributed by atoms with Crippen molar-refractivity contribution in [3.8, 4) is 11.3 Å². The fourth-order valence-corrected chi connectivity index (χ4v) is 2.75. The molecule has 1 N–H and O–H groups in total. The van der Waals surface area contributed by atoms with Crippen LogP contribution in [0.5, 0.6) is 0 Å². The van der Waals surface area contributed by atoms with E-state index in [2.05, 4.69) is 4.98 Å². The molecule has 0 radical (unpaired) electrons. The zero-order valence-corrected chi connectivity index (χ0v) is 14.4. The Bertz CT molecular complexity index is 785. The second kappa shape index (κ2) is 8.07. The Morgan fingerprint density at radius 3 is 2.73 bits per heavy atom. The monoisotopic (exact) mass is 356 g/mol. The summed E-state index contributed by atoms with van der Waals surface area (Å²) >= 11 is 0. The van der Waals surface area contributed by atoms with Crippen molar-refractivity contribution in [2.24, 2.45) is 0 Å². The average Bonchev–Trinajstić information content (AvgIpc) is 2.68. The summed E-state index contributed by atoms with van der Waals surface area (Å²) in [4.78, 5) is 29.4. The molecule has 2 aromatic rings. The highest BCUT2D eigenvalue weighted by atomic mass is 16.6. The number of carbonyl (C=O) groups excluding carboxylic acids is 1. The lowest BCUT2D eigenvalue weighted by Gasteiger charge is -2.27. The number of pyridine rings is 1. The average molecular weight is 356 g/mol. The quantitative estimate of drug-likeness (QED) is 0.881. The molecule has 0 aliphatic carbocycles. The van der Waals surface area contributed by atoms with Crippen LogP contribution in [0, 0.1) is 0 Å². The van der Waals surface area contributed by atoms with Gasteiger partial charge in [0.15, 0.2) is 0 Å². The minimum absolute atomic E-state index is 0.119. The van der Waals surface area contributed by atoms with Gasteiger partial charge in [-0.2, -0.15) is 0 Å². The highest BCUT2D eigenvalue weighted by molar-refractivity contribution is 5.95. The maximum Gasteiger partial charge on any atom is 0.337 e. The van der Waals surface area contributed by atoms with Gasteiger partial charge in [-0.25, -0.2) is 4.79 Å². The smallest absolute Gasteiger partial charge is 0.337 e. The second-order valence-corrected chi connectivity index (χ2v) is 6.07. The first-order valence-electron chi connectivity index (χ1n) is 8.29. The Morgan fingerprint density at radius 1 is 1.23 bits per heavy atom. The zero-order chi connectivity index (χ0) is 18.5. The second-order valence-electron chi connectivity index (χ2n) is 6.07. The van der Waals surface area contributed by atoms with E-state index in [-0.39, 0.29) is 17.6 Å². The predicted octanol–water partition coefficient (Wildman–Crippen LogP) is 1.93. The van der Waals surface area contributed by atoms with Crippen molar-refractivity contribution in [2.75, 3.05) is 33.4 Å². The molecular weight excluding hydrogens is 336 g/mol. The number of benzene rings is 1. The molecule has 1 aromatic carbocycles. The minimum Gasteiger partial charge on any atom is -0.478 e. The van der Waals surface area contributed by atoms with Crippen molar-refractivity contribution in [1.82, 2.24) is 9.88 Å². The van der Waals surface area contributed by atoms with Crippen molar-refractivity contribution in [1.29, 1.82) is 0 Å². The fraction of sp³-hybridized carbons (Fsp3) is 0.316. The molecule has 0 unspecified atom stereocenters. The molecule has 26 heavy (non-hydrogen) atoms. The normalized spacial score (nSPS) is 16.9.